The second-order valence-electron chi connectivity index (χ2n) is 3.86. The minimum Gasteiger partial charge on any atom is -0.373 e. The Morgan fingerprint density at radius 1 is 1.44 bits per heavy atom. The van der Waals surface area contributed by atoms with E-state index < -0.39 is 0 Å². The molecule has 2 aromatic heterocycles. The molecule has 2 N–H and O–H groups in total. The van der Waals surface area contributed by atoms with Crippen LogP contribution in [-0.2, 0) is 11.3 Å². The molecule has 0 atom stereocenters. The standard InChI is InChI=1S/C9H13N5OS/c10-3-4-15-5-7-13-14-8(6-1-2-6)11-12-9(14)16-7/h6H,1-5,10H2. The van der Waals surface area contributed by atoms with Gasteiger partial charge in [0.1, 0.15) is 11.6 Å². The number of rotatable bonds is 5. The molecule has 6 nitrogen and oxygen atoms in total. The van der Waals surface area contributed by atoms with Crippen molar-refractivity contribution < 1.29 is 4.74 Å². The van der Waals surface area contributed by atoms with Crippen molar-refractivity contribution in [2.75, 3.05) is 13.2 Å². The number of aromatic nitrogens is 4. The summed E-state index contributed by atoms with van der Waals surface area (Å²) in [4.78, 5) is 0.855. The minimum absolute atomic E-state index is 0.509. The van der Waals surface area contributed by atoms with E-state index in [4.69, 9.17) is 10.5 Å². The molecule has 7 heteroatoms. The fourth-order valence-corrected chi connectivity index (χ4v) is 2.35. The van der Waals surface area contributed by atoms with E-state index in [0.717, 1.165) is 15.8 Å². The Morgan fingerprint density at radius 2 is 2.31 bits per heavy atom. The highest BCUT2D eigenvalue weighted by atomic mass is 32.1. The van der Waals surface area contributed by atoms with E-state index in [-0.39, 0.29) is 0 Å². The fraction of sp³-hybridized carbons (Fsp3) is 0.667. The molecule has 0 saturated heterocycles. The summed E-state index contributed by atoms with van der Waals surface area (Å²) in [5.74, 6) is 1.56. The van der Waals surface area contributed by atoms with E-state index >= 15 is 0 Å². The largest absolute Gasteiger partial charge is 0.373 e. The molecule has 1 aliphatic rings. The maximum atomic E-state index is 5.35. The second-order valence-corrected chi connectivity index (χ2v) is 4.90. The van der Waals surface area contributed by atoms with Crippen LogP contribution >= 0.6 is 11.3 Å². The lowest BCUT2D eigenvalue weighted by Crippen LogP contribution is -2.08. The molecule has 2 aromatic rings. The van der Waals surface area contributed by atoms with Gasteiger partial charge in [0.05, 0.1) is 6.61 Å². The van der Waals surface area contributed by atoms with Gasteiger partial charge in [-0.25, -0.2) is 0 Å². The molecule has 1 aliphatic carbocycles. The van der Waals surface area contributed by atoms with Crippen LogP contribution in [0.1, 0.15) is 29.6 Å². The minimum atomic E-state index is 0.509. The Labute approximate surface area is 96.4 Å². The van der Waals surface area contributed by atoms with Gasteiger partial charge in [0.15, 0.2) is 5.82 Å². The van der Waals surface area contributed by atoms with Gasteiger partial charge in [-0.05, 0) is 12.8 Å². The number of nitrogens with zero attached hydrogens (tertiary/aromatic N) is 4. The smallest absolute Gasteiger partial charge is 0.234 e. The summed E-state index contributed by atoms with van der Waals surface area (Å²) in [6, 6.07) is 0. The van der Waals surface area contributed by atoms with Crippen LogP contribution in [-0.4, -0.2) is 33.0 Å². The molecule has 3 rings (SSSR count). The van der Waals surface area contributed by atoms with Crippen molar-refractivity contribution in [1.82, 2.24) is 19.8 Å². The van der Waals surface area contributed by atoms with E-state index in [2.05, 4.69) is 15.3 Å². The topological polar surface area (TPSA) is 78.3 Å². The summed E-state index contributed by atoms with van der Waals surface area (Å²) in [5, 5.41) is 13.7. The molecule has 86 valence electrons. The zero-order valence-corrected chi connectivity index (χ0v) is 9.61. The van der Waals surface area contributed by atoms with Crippen molar-refractivity contribution in [2.24, 2.45) is 5.73 Å². The zero-order chi connectivity index (χ0) is 11.0. The van der Waals surface area contributed by atoms with Crippen molar-refractivity contribution in [3.05, 3.63) is 10.8 Å². The van der Waals surface area contributed by atoms with Crippen LogP contribution in [0, 0.1) is 0 Å². The van der Waals surface area contributed by atoms with Gasteiger partial charge in [-0.1, -0.05) is 11.3 Å². The van der Waals surface area contributed by atoms with Crippen LogP contribution in [0.4, 0.5) is 0 Å². The molecule has 2 heterocycles. The summed E-state index contributed by atoms with van der Waals surface area (Å²) in [6.07, 6.45) is 2.41. The van der Waals surface area contributed by atoms with E-state index in [0.29, 0.717) is 25.7 Å². The summed E-state index contributed by atoms with van der Waals surface area (Å²) in [5.41, 5.74) is 5.35. The summed E-state index contributed by atoms with van der Waals surface area (Å²) in [6.45, 7) is 1.61. The predicted molar refractivity (Wildman–Crippen MR) is 59.3 cm³/mol. The third kappa shape index (κ3) is 1.81. The van der Waals surface area contributed by atoms with Crippen molar-refractivity contribution in [2.45, 2.75) is 25.4 Å². The summed E-state index contributed by atoms with van der Waals surface area (Å²) in [7, 11) is 0. The van der Waals surface area contributed by atoms with Crippen molar-refractivity contribution in [1.29, 1.82) is 0 Å². The van der Waals surface area contributed by atoms with Crippen LogP contribution in [0.3, 0.4) is 0 Å². The third-order valence-corrected chi connectivity index (χ3v) is 3.36. The van der Waals surface area contributed by atoms with E-state index in [1.165, 1.54) is 24.2 Å². The second kappa shape index (κ2) is 4.08. The van der Waals surface area contributed by atoms with Gasteiger partial charge in [-0.3, -0.25) is 0 Å². The Kier molecular flexibility index (Phi) is 2.58. The maximum Gasteiger partial charge on any atom is 0.234 e. The van der Waals surface area contributed by atoms with Crippen LogP contribution in [0.25, 0.3) is 4.96 Å². The lowest BCUT2D eigenvalue weighted by atomic mass is 10.4. The number of fused-ring (bicyclic) bond motifs is 1. The lowest BCUT2D eigenvalue weighted by molar-refractivity contribution is 0.127. The van der Waals surface area contributed by atoms with Gasteiger partial charge >= 0.3 is 0 Å². The average molecular weight is 239 g/mol. The third-order valence-electron chi connectivity index (χ3n) is 2.49. The van der Waals surface area contributed by atoms with Gasteiger partial charge < -0.3 is 10.5 Å². The molecule has 16 heavy (non-hydrogen) atoms. The molecule has 0 bridgehead atoms. The Bertz CT molecular complexity index is 489. The first kappa shape index (κ1) is 10.1. The molecule has 0 unspecified atom stereocenters. The number of hydrogen-bond acceptors (Lipinski definition) is 6. The summed E-state index contributed by atoms with van der Waals surface area (Å²) < 4.78 is 7.20. The van der Waals surface area contributed by atoms with E-state index in [9.17, 15) is 0 Å². The zero-order valence-electron chi connectivity index (χ0n) is 8.80. The maximum absolute atomic E-state index is 5.35. The number of nitrogens with two attached hydrogens (primary N) is 1. The molecule has 0 spiro atoms. The van der Waals surface area contributed by atoms with Gasteiger partial charge in [0.2, 0.25) is 4.96 Å². The van der Waals surface area contributed by atoms with E-state index in [1.54, 1.807) is 0 Å². The van der Waals surface area contributed by atoms with Crippen LogP contribution in [0.2, 0.25) is 0 Å². The fourth-order valence-electron chi connectivity index (χ4n) is 1.57. The van der Waals surface area contributed by atoms with Crippen LogP contribution < -0.4 is 5.73 Å². The molecule has 1 saturated carbocycles. The monoisotopic (exact) mass is 239 g/mol. The molecule has 0 amide bonds. The lowest BCUT2D eigenvalue weighted by Gasteiger charge is -1.96. The predicted octanol–water partition coefficient (Wildman–Crippen LogP) is 0.538. The first-order valence-corrected chi connectivity index (χ1v) is 6.19. The molecular weight excluding hydrogens is 226 g/mol. The number of ether oxygens (including phenoxy) is 1. The van der Waals surface area contributed by atoms with Gasteiger partial charge in [-0.15, -0.1) is 10.2 Å². The highest BCUT2D eigenvalue weighted by molar-refractivity contribution is 7.16. The highest BCUT2D eigenvalue weighted by Gasteiger charge is 2.29. The van der Waals surface area contributed by atoms with Crippen molar-refractivity contribution in [3.63, 3.8) is 0 Å². The van der Waals surface area contributed by atoms with Crippen molar-refractivity contribution in [3.8, 4) is 0 Å². The molecule has 0 radical (unpaired) electrons. The van der Waals surface area contributed by atoms with Gasteiger partial charge in [0, 0.05) is 12.5 Å². The average Bonchev–Trinajstić information content (AvgIpc) is 2.91. The first-order chi connectivity index (χ1) is 7.88. The molecule has 0 aromatic carbocycles. The Hall–Kier alpha value is -1.05. The highest BCUT2D eigenvalue weighted by Crippen LogP contribution is 2.39. The quantitative estimate of drug-likeness (QED) is 0.770. The van der Waals surface area contributed by atoms with Crippen molar-refractivity contribution >= 4 is 16.3 Å². The SMILES string of the molecule is NCCOCc1nn2c(C3CC3)nnc2s1. The number of hydrogen-bond donors (Lipinski definition) is 1. The van der Waals surface area contributed by atoms with Gasteiger partial charge in [-0.2, -0.15) is 9.61 Å². The van der Waals surface area contributed by atoms with E-state index in [1.807, 2.05) is 4.52 Å². The molecule has 0 aliphatic heterocycles. The Balaban J connectivity index is 1.80. The first-order valence-electron chi connectivity index (χ1n) is 5.37. The van der Waals surface area contributed by atoms with Gasteiger partial charge in [0.25, 0.3) is 0 Å². The van der Waals surface area contributed by atoms with Crippen LogP contribution in [0.15, 0.2) is 0 Å². The van der Waals surface area contributed by atoms with Crippen LogP contribution in [0.5, 0.6) is 0 Å². The molecular formula is C9H13N5OS. The molecule has 1 fully saturated rings. The Morgan fingerprint density at radius 3 is 3.06 bits per heavy atom. The normalized spacial score (nSPS) is 16.1. The summed E-state index contributed by atoms with van der Waals surface area (Å²) >= 11 is 1.53.